The molecule has 0 aliphatic carbocycles. The van der Waals surface area contributed by atoms with Crippen molar-refractivity contribution < 1.29 is 15.6 Å². The third-order valence-electron chi connectivity index (χ3n) is 10.7. The Hall–Kier alpha value is -0.280. The zero-order valence-electron chi connectivity index (χ0n) is 33.5. The van der Waals surface area contributed by atoms with Crippen LogP contribution < -0.4 is 16.4 Å². The first-order valence-corrected chi connectivity index (χ1v) is 22.1. The molecule has 49 heavy (non-hydrogen) atoms. The molecule has 0 radical (unpaired) electrons. The van der Waals surface area contributed by atoms with Gasteiger partial charge in [0.25, 0.3) is 0 Å². The molecular weight excluding hydrogens is 608 g/mol. The zero-order chi connectivity index (χ0) is 35.9. The molecule has 0 bridgehead atoms. The van der Waals surface area contributed by atoms with Gasteiger partial charge in [0.1, 0.15) is 0 Å². The quantitative estimate of drug-likeness (QED) is 0.0279. The molecule has 0 aromatic carbocycles. The molecule has 0 amide bonds. The van der Waals surface area contributed by atoms with Crippen molar-refractivity contribution >= 4 is 0 Å². The van der Waals surface area contributed by atoms with Gasteiger partial charge in [0.05, 0.1) is 0 Å². The summed E-state index contributed by atoms with van der Waals surface area (Å²) in [4.78, 5) is 2.35. The van der Waals surface area contributed by atoms with E-state index in [1.54, 1.807) is 0 Å². The van der Waals surface area contributed by atoms with Crippen LogP contribution in [0.3, 0.4) is 0 Å². The molecule has 0 aliphatic heterocycles. The van der Waals surface area contributed by atoms with Crippen LogP contribution in [0, 0.1) is 0 Å². The number of nitrogens with one attached hydrogen (secondary N) is 3. The molecular formula is C42H90N4O3. The van der Waals surface area contributed by atoms with E-state index in [4.69, 9.17) is 0 Å². The third-order valence-corrected chi connectivity index (χ3v) is 10.7. The van der Waals surface area contributed by atoms with Gasteiger partial charge in [-0.05, 0) is 19.3 Å². The maximum Gasteiger partial charge on any atom is 0.0446 e. The largest absolute Gasteiger partial charge is 0.316 e. The summed E-state index contributed by atoms with van der Waals surface area (Å²) in [5, 5.41) is 30.3. The SMILES string of the molecule is CCCCCCCCCCCCC(CN(CC(CCCCCCCCCCCC)NO)CC(CCCCCCCCCCCC)NO)NO. The van der Waals surface area contributed by atoms with E-state index in [9.17, 15) is 15.6 Å². The average molecular weight is 699 g/mol. The van der Waals surface area contributed by atoms with E-state index in [1.165, 1.54) is 173 Å². The highest BCUT2D eigenvalue weighted by atomic mass is 16.5. The van der Waals surface area contributed by atoms with E-state index >= 15 is 0 Å². The topological polar surface area (TPSA) is 100 Å². The molecule has 0 saturated heterocycles. The Bertz CT molecular complexity index is 534. The van der Waals surface area contributed by atoms with Gasteiger partial charge in [-0.25, -0.2) is 16.4 Å². The molecule has 0 saturated carbocycles. The molecule has 7 heteroatoms. The molecule has 0 aromatic rings. The van der Waals surface area contributed by atoms with E-state index < -0.39 is 0 Å². The fourth-order valence-corrected chi connectivity index (χ4v) is 7.38. The minimum atomic E-state index is -0.0117. The summed E-state index contributed by atoms with van der Waals surface area (Å²) in [7, 11) is 0. The van der Waals surface area contributed by atoms with Crippen molar-refractivity contribution in [3.05, 3.63) is 0 Å². The number of hydrogen-bond donors (Lipinski definition) is 6. The van der Waals surface area contributed by atoms with Gasteiger partial charge in [-0.1, -0.05) is 213 Å². The molecule has 6 N–H and O–H groups in total. The van der Waals surface area contributed by atoms with Crippen molar-refractivity contribution in [2.45, 2.75) is 251 Å². The van der Waals surface area contributed by atoms with E-state index in [-0.39, 0.29) is 18.1 Å². The van der Waals surface area contributed by atoms with Crippen LogP contribution in [0.2, 0.25) is 0 Å². The molecule has 7 nitrogen and oxygen atoms in total. The Morgan fingerprint density at radius 2 is 0.490 bits per heavy atom. The van der Waals surface area contributed by atoms with Crippen LogP contribution >= 0.6 is 0 Å². The van der Waals surface area contributed by atoms with E-state index in [0.29, 0.717) is 19.6 Å². The summed E-state index contributed by atoms with van der Waals surface area (Å²) in [5.41, 5.74) is 7.84. The van der Waals surface area contributed by atoms with Crippen LogP contribution in [-0.2, 0) is 0 Å². The van der Waals surface area contributed by atoms with Crippen LogP contribution in [0.1, 0.15) is 233 Å². The normalized spacial score (nSPS) is 13.8. The number of unbranched alkanes of at least 4 members (excludes halogenated alkanes) is 27. The molecule has 3 atom stereocenters. The van der Waals surface area contributed by atoms with Gasteiger partial charge in [-0.3, -0.25) is 4.90 Å². The summed E-state index contributed by atoms with van der Waals surface area (Å²) >= 11 is 0. The van der Waals surface area contributed by atoms with Crippen molar-refractivity contribution in [1.29, 1.82) is 0 Å². The first-order valence-electron chi connectivity index (χ1n) is 22.1. The molecule has 3 unspecified atom stereocenters. The fraction of sp³-hybridized carbons (Fsp3) is 1.00. The lowest BCUT2D eigenvalue weighted by Gasteiger charge is -2.32. The van der Waals surface area contributed by atoms with Crippen molar-refractivity contribution in [3.8, 4) is 0 Å². The number of hydroxylamine groups is 3. The highest BCUT2D eigenvalue weighted by Crippen LogP contribution is 2.17. The van der Waals surface area contributed by atoms with Gasteiger partial charge >= 0.3 is 0 Å². The molecule has 0 aliphatic rings. The van der Waals surface area contributed by atoms with Gasteiger partial charge < -0.3 is 15.6 Å². The minimum Gasteiger partial charge on any atom is -0.316 e. The summed E-state index contributed by atoms with van der Waals surface area (Å²) in [6.45, 7) is 8.95. The minimum absolute atomic E-state index is 0.0117. The van der Waals surface area contributed by atoms with Gasteiger partial charge in [-0.15, -0.1) is 0 Å². The highest BCUT2D eigenvalue weighted by Gasteiger charge is 2.21. The molecule has 0 rings (SSSR count). The monoisotopic (exact) mass is 699 g/mol. The van der Waals surface area contributed by atoms with Gasteiger partial charge in [-0.2, -0.15) is 0 Å². The maximum absolute atomic E-state index is 10.1. The van der Waals surface area contributed by atoms with E-state index in [1.807, 2.05) is 0 Å². The molecule has 0 fully saturated rings. The second-order valence-corrected chi connectivity index (χ2v) is 15.6. The fourth-order valence-electron chi connectivity index (χ4n) is 7.38. The number of nitrogens with zero attached hydrogens (tertiary/aromatic N) is 1. The number of hydrogen-bond acceptors (Lipinski definition) is 7. The summed E-state index contributed by atoms with van der Waals surface area (Å²) in [6, 6.07) is -0.0350. The lowest BCUT2D eigenvalue weighted by molar-refractivity contribution is 0.0490. The van der Waals surface area contributed by atoms with Crippen LogP contribution in [0.15, 0.2) is 0 Å². The Labute approximate surface area is 306 Å². The molecule has 0 heterocycles. The standard InChI is InChI=1S/C42H90N4O3/c1-4-7-10-13-16-19-22-25-28-31-34-40(43-47)37-46(38-41(44-48)35-32-29-26-23-20-17-14-11-8-5-2)39-42(45-49)36-33-30-27-24-21-18-15-12-9-6-3/h40-45,47-49H,4-39H2,1-3H3. The predicted octanol–water partition coefficient (Wildman–Crippen LogP) is 12.3. The molecule has 0 aromatic heterocycles. The average Bonchev–Trinajstić information content (AvgIpc) is 3.12. The summed E-state index contributed by atoms with van der Waals surface area (Å²) < 4.78 is 0. The summed E-state index contributed by atoms with van der Waals surface area (Å²) in [5.74, 6) is 0. The second-order valence-electron chi connectivity index (χ2n) is 15.6. The predicted molar refractivity (Wildman–Crippen MR) is 212 cm³/mol. The Morgan fingerprint density at radius 3 is 0.673 bits per heavy atom. The first-order chi connectivity index (χ1) is 24.1. The summed E-state index contributed by atoms with van der Waals surface area (Å²) in [6.07, 6.45) is 42.1. The second kappa shape index (κ2) is 40.5. The van der Waals surface area contributed by atoms with Crippen molar-refractivity contribution in [3.63, 3.8) is 0 Å². The number of rotatable bonds is 42. The highest BCUT2D eigenvalue weighted by molar-refractivity contribution is 4.78. The van der Waals surface area contributed by atoms with Crippen LogP contribution in [0.5, 0.6) is 0 Å². The zero-order valence-corrected chi connectivity index (χ0v) is 33.5. The van der Waals surface area contributed by atoms with Gasteiger partial charge in [0, 0.05) is 37.8 Å². The van der Waals surface area contributed by atoms with Crippen LogP contribution in [0.4, 0.5) is 0 Å². The van der Waals surface area contributed by atoms with E-state index in [2.05, 4.69) is 42.1 Å². The van der Waals surface area contributed by atoms with Crippen molar-refractivity contribution in [2.24, 2.45) is 0 Å². The van der Waals surface area contributed by atoms with Crippen molar-refractivity contribution in [2.75, 3.05) is 19.6 Å². The third kappa shape index (κ3) is 34.6. The Morgan fingerprint density at radius 1 is 0.306 bits per heavy atom. The Balaban J connectivity index is 4.73. The van der Waals surface area contributed by atoms with Gasteiger partial charge in [0.15, 0.2) is 0 Å². The maximum atomic E-state index is 10.1. The molecule has 0 spiro atoms. The lowest BCUT2D eigenvalue weighted by atomic mass is 10.0. The van der Waals surface area contributed by atoms with E-state index in [0.717, 1.165) is 38.5 Å². The smallest absolute Gasteiger partial charge is 0.0446 e. The molecule has 296 valence electrons. The Kier molecular flexibility index (Phi) is 40.3. The van der Waals surface area contributed by atoms with Crippen LogP contribution in [0.25, 0.3) is 0 Å². The lowest BCUT2D eigenvalue weighted by Crippen LogP contribution is -2.50. The van der Waals surface area contributed by atoms with Crippen molar-refractivity contribution in [1.82, 2.24) is 21.3 Å². The first kappa shape index (κ1) is 48.7. The van der Waals surface area contributed by atoms with Gasteiger partial charge in [0.2, 0.25) is 0 Å². The van der Waals surface area contributed by atoms with Crippen LogP contribution in [-0.4, -0.2) is 58.3 Å².